The Bertz CT molecular complexity index is 453. The summed E-state index contributed by atoms with van der Waals surface area (Å²) < 4.78 is 13.3. The standard InChI is InChI=1S/C13H16FNO3S/c1-9(13(17)18)8-15-12(16)6-7-19-11-5-3-2-4-10(11)14/h2-5,9H,6-8H2,1H3,(H,15,16)(H,17,18). The lowest BCUT2D eigenvalue weighted by atomic mass is 10.2. The third-order valence-corrected chi connectivity index (χ3v) is 3.50. The van der Waals surface area contributed by atoms with Gasteiger partial charge in [0.2, 0.25) is 5.91 Å². The highest BCUT2D eigenvalue weighted by Gasteiger charge is 2.12. The molecule has 6 heteroatoms. The van der Waals surface area contributed by atoms with Crippen molar-refractivity contribution >= 4 is 23.6 Å². The highest BCUT2D eigenvalue weighted by atomic mass is 32.2. The zero-order valence-corrected chi connectivity index (χ0v) is 11.4. The van der Waals surface area contributed by atoms with Gasteiger partial charge >= 0.3 is 5.97 Å². The number of hydrogen-bond donors (Lipinski definition) is 2. The minimum Gasteiger partial charge on any atom is -0.481 e. The fourth-order valence-corrected chi connectivity index (χ4v) is 2.15. The maximum absolute atomic E-state index is 13.3. The van der Waals surface area contributed by atoms with Gasteiger partial charge in [0.1, 0.15) is 5.82 Å². The molecule has 0 spiro atoms. The molecule has 19 heavy (non-hydrogen) atoms. The molecule has 0 radical (unpaired) electrons. The second kappa shape index (κ2) is 7.78. The number of nitrogens with one attached hydrogen (secondary N) is 1. The monoisotopic (exact) mass is 285 g/mol. The predicted octanol–water partition coefficient (Wildman–Crippen LogP) is 2.14. The Hall–Kier alpha value is -1.56. The lowest BCUT2D eigenvalue weighted by Crippen LogP contribution is -2.31. The third kappa shape index (κ3) is 5.74. The number of carbonyl (C=O) groups excluding carboxylic acids is 1. The van der Waals surface area contributed by atoms with Crippen LogP contribution in [0.25, 0.3) is 0 Å². The van der Waals surface area contributed by atoms with Crippen LogP contribution in [0.3, 0.4) is 0 Å². The molecule has 0 heterocycles. The molecule has 0 saturated heterocycles. The lowest BCUT2D eigenvalue weighted by molar-refractivity contribution is -0.141. The molecular formula is C13H16FNO3S. The number of carboxylic acid groups (broad SMARTS) is 1. The summed E-state index contributed by atoms with van der Waals surface area (Å²) in [5, 5.41) is 11.2. The summed E-state index contributed by atoms with van der Waals surface area (Å²) in [5.41, 5.74) is 0. The van der Waals surface area contributed by atoms with Crippen molar-refractivity contribution in [1.82, 2.24) is 5.32 Å². The Kier molecular flexibility index (Phi) is 6.35. The van der Waals surface area contributed by atoms with Gasteiger partial charge in [-0.05, 0) is 12.1 Å². The van der Waals surface area contributed by atoms with Crippen LogP contribution in [0.2, 0.25) is 0 Å². The van der Waals surface area contributed by atoms with E-state index in [0.29, 0.717) is 10.6 Å². The normalized spacial score (nSPS) is 11.9. The van der Waals surface area contributed by atoms with E-state index in [1.165, 1.54) is 24.8 Å². The van der Waals surface area contributed by atoms with Gasteiger partial charge in [0.05, 0.1) is 5.92 Å². The van der Waals surface area contributed by atoms with Crippen molar-refractivity contribution in [2.75, 3.05) is 12.3 Å². The summed E-state index contributed by atoms with van der Waals surface area (Å²) in [5.74, 6) is -1.62. The number of halogens is 1. The molecule has 0 fully saturated rings. The molecule has 2 N–H and O–H groups in total. The largest absolute Gasteiger partial charge is 0.481 e. The summed E-state index contributed by atoms with van der Waals surface area (Å²) in [6.45, 7) is 1.63. The average Bonchev–Trinajstić information content (AvgIpc) is 2.38. The molecule has 1 aromatic rings. The number of hydrogen-bond acceptors (Lipinski definition) is 3. The van der Waals surface area contributed by atoms with Crippen LogP contribution >= 0.6 is 11.8 Å². The third-order valence-electron chi connectivity index (χ3n) is 2.45. The zero-order valence-electron chi connectivity index (χ0n) is 10.6. The van der Waals surface area contributed by atoms with Crippen LogP contribution in [0.4, 0.5) is 4.39 Å². The van der Waals surface area contributed by atoms with E-state index in [0.717, 1.165) is 0 Å². The number of benzene rings is 1. The second-order valence-electron chi connectivity index (χ2n) is 4.07. The van der Waals surface area contributed by atoms with E-state index in [2.05, 4.69) is 5.32 Å². The first kappa shape index (κ1) is 15.5. The van der Waals surface area contributed by atoms with Gasteiger partial charge in [-0.25, -0.2) is 4.39 Å². The molecule has 0 aliphatic rings. The van der Waals surface area contributed by atoms with E-state index < -0.39 is 11.9 Å². The average molecular weight is 285 g/mol. The summed E-state index contributed by atoms with van der Waals surface area (Å²) in [6.07, 6.45) is 0.228. The van der Waals surface area contributed by atoms with Crippen LogP contribution in [0.15, 0.2) is 29.2 Å². The molecule has 0 saturated carbocycles. The highest BCUT2D eigenvalue weighted by molar-refractivity contribution is 7.99. The molecule has 1 unspecified atom stereocenters. The van der Waals surface area contributed by atoms with E-state index in [1.807, 2.05) is 0 Å². The zero-order chi connectivity index (χ0) is 14.3. The van der Waals surface area contributed by atoms with Crippen molar-refractivity contribution in [3.05, 3.63) is 30.1 Å². The van der Waals surface area contributed by atoms with Crippen molar-refractivity contribution in [1.29, 1.82) is 0 Å². The van der Waals surface area contributed by atoms with Crippen molar-refractivity contribution in [3.8, 4) is 0 Å². The molecule has 4 nitrogen and oxygen atoms in total. The second-order valence-corrected chi connectivity index (χ2v) is 5.21. The van der Waals surface area contributed by atoms with E-state index >= 15 is 0 Å². The van der Waals surface area contributed by atoms with Crippen LogP contribution in [0.5, 0.6) is 0 Å². The van der Waals surface area contributed by atoms with E-state index in [4.69, 9.17) is 5.11 Å². The van der Waals surface area contributed by atoms with Crippen LogP contribution in [-0.2, 0) is 9.59 Å². The highest BCUT2D eigenvalue weighted by Crippen LogP contribution is 2.21. The Morgan fingerprint density at radius 2 is 2.11 bits per heavy atom. The van der Waals surface area contributed by atoms with Gasteiger partial charge in [0.25, 0.3) is 0 Å². The molecule has 104 valence electrons. The maximum Gasteiger partial charge on any atom is 0.308 e. The molecule has 0 bridgehead atoms. The van der Waals surface area contributed by atoms with Gasteiger partial charge in [0, 0.05) is 23.6 Å². The Morgan fingerprint density at radius 3 is 2.74 bits per heavy atom. The maximum atomic E-state index is 13.3. The van der Waals surface area contributed by atoms with Gasteiger partial charge < -0.3 is 10.4 Å². The van der Waals surface area contributed by atoms with Crippen LogP contribution in [0.1, 0.15) is 13.3 Å². The van der Waals surface area contributed by atoms with Gasteiger partial charge in [-0.3, -0.25) is 9.59 Å². The van der Waals surface area contributed by atoms with Crippen LogP contribution in [0, 0.1) is 11.7 Å². The number of carboxylic acids is 1. The molecule has 0 aliphatic carbocycles. The number of rotatable bonds is 7. The van der Waals surface area contributed by atoms with E-state index in [1.54, 1.807) is 18.2 Å². The molecule has 1 amide bonds. The first-order chi connectivity index (χ1) is 9.00. The van der Waals surface area contributed by atoms with Crippen molar-refractivity contribution in [3.63, 3.8) is 0 Å². The van der Waals surface area contributed by atoms with Crippen LogP contribution in [-0.4, -0.2) is 29.3 Å². The van der Waals surface area contributed by atoms with Crippen molar-refractivity contribution in [2.45, 2.75) is 18.2 Å². The predicted molar refractivity (Wildman–Crippen MR) is 71.6 cm³/mol. The van der Waals surface area contributed by atoms with Gasteiger partial charge in [-0.15, -0.1) is 11.8 Å². The van der Waals surface area contributed by atoms with E-state index in [-0.39, 0.29) is 24.7 Å². The van der Waals surface area contributed by atoms with Gasteiger partial charge in [-0.1, -0.05) is 19.1 Å². The summed E-state index contributed by atoms with van der Waals surface area (Å²) in [4.78, 5) is 22.5. The molecule has 1 rings (SSSR count). The first-order valence-corrected chi connectivity index (χ1v) is 6.86. The minimum atomic E-state index is -0.943. The van der Waals surface area contributed by atoms with E-state index in [9.17, 15) is 14.0 Å². The smallest absolute Gasteiger partial charge is 0.308 e. The SMILES string of the molecule is CC(CNC(=O)CCSc1ccccc1F)C(=O)O. The number of aliphatic carboxylic acids is 1. The van der Waals surface area contributed by atoms with Gasteiger partial charge in [-0.2, -0.15) is 0 Å². The summed E-state index contributed by atoms with van der Waals surface area (Å²) >= 11 is 1.26. The molecule has 0 aromatic heterocycles. The first-order valence-electron chi connectivity index (χ1n) is 5.87. The number of amides is 1. The fourth-order valence-electron chi connectivity index (χ4n) is 1.26. The number of thioether (sulfide) groups is 1. The topological polar surface area (TPSA) is 66.4 Å². The van der Waals surface area contributed by atoms with Gasteiger partial charge in [0.15, 0.2) is 0 Å². The molecule has 1 aromatic carbocycles. The molecule has 0 aliphatic heterocycles. The van der Waals surface area contributed by atoms with Crippen molar-refractivity contribution in [2.24, 2.45) is 5.92 Å². The fraction of sp³-hybridized carbons (Fsp3) is 0.385. The Balaban J connectivity index is 2.24. The Labute approximate surface area is 115 Å². The molecular weight excluding hydrogens is 269 g/mol. The lowest BCUT2D eigenvalue weighted by Gasteiger charge is -2.08. The minimum absolute atomic E-state index is 0.110. The molecule has 1 atom stereocenters. The number of carbonyl (C=O) groups is 2. The quantitative estimate of drug-likeness (QED) is 0.753. The summed E-state index contributed by atoms with van der Waals surface area (Å²) in [7, 11) is 0. The van der Waals surface area contributed by atoms with Crippen molar-refractivity contribution < 1.29 is 19.1 Å². The van der Waals surface area contributed by atoms with Crippen LogP contribution < -0.4 is 5.32 Å². The Morgan fingerprint density at radius 1 is 1.42 bits per heavy atom. The summed E-state index contributed by atoms with van der Waals surface area (Å²) in [6, 6.07) is 6.38.